The van der Waals surface area contributed by atoms with E-state index >= 15 is 0 Å². The lowest BCUT2D eigenvalue weighted by Crippen LogP contribution is -2.10. The van der Waals surface area contributed by atoms with Gasteiger partial charge in [-0.05, 0) is 130 Å². The zero-order chi connectivity index (χ0) is 56.0. The molecule has 0 amide bonds. The normalized spacial score (nSPS) is 11.1. The highest BCUT2D eigenvalue weighted by molar-refractivity contribution is 6.01. The summed E-state index contributed by atoms with van der Waals surface area (Å²) in [5.74, 6) is 3.35. The van der Waals surface area contributed by atoms with Crippen LogP contribution in [0.5, 0.6) is 0 Å². The molecule has 84 heavy (non-hydrogen) atoms. The summed E-state index contributed by atoms with van der Waals surface area (Å²) in [7, 11) is 0. The fraction of sp³-hybridized carbons (Fsp3) is 0. The Balaban J connectivity index is 0.780. The van der Waals surface area contributed by atoms with E-state index in [9.17, 15) is 0 Å². The third kappa shape index (κ3) is 10.1. The molecule has 0 saturated carbocycles. The maximum Gasteiger partial charge on any atom is 0.143 e. The number of rotatable bonds is 15. The lowest BCUT2D eigenvalue weighted by atomic mass is 9.91. The Bertz CT molecular complexity index is 4140. The molecule has 398 valence electrons. The Morgan fingerprint density at radius 2 is 0.310 bits per heavy atom. The van der Waals surface area contributed by atoms with Crippen molar-refractivity contribution in [3.05, 3.63) is 340 Å². The van der Waals surface area contributed by atoms with Crippen molar-refractivity contribution in [3.63, 3.8) is 0 Å². The van der Waals surface area contributed by atoms with Gasteiger partial charge in [0, 0.05) is 78.6 Å². The minimum Gasteiger partial charge on any atom is -0.455 e. The van der Waals surface area contributed by atoms with Crippen LogP contribution >= 0.6 is 0 Å². The number of para-hydroxylation sites is 2. The Hall–Kier alpha value is -11.2. The third-order valence-corrected chi connectivity index (χ3v) is 15.5. The Morgan fingerprint density at radius 3 is 0.536 bits per heavy atom. The molecule has 0 aliphatic carbocycles. The Morgan fingerprint density at radius 1 is 0.143 bits per heavy atom. The molecule has 0 radical (unpaired) electrons. The predicted octanol–water partition coefficient (Wildman–Crippen LogP) is 22.8. The molecule has 14 aromatic rings. The average Bonchev–Trinajstić information content (AvgIpc) is 2.51. The SMILES string of the molecule is c1ccc(-c2oc(-c3ccc(N(c4ccccc4)c4ccc(-c5ccc(N(c6ccccc6)c6ccc(-c7oc(-c8ccccc8)c(-c8ccccc8)c7-c7ccccc7)cc6)cc5)cc4)cc3)c(-c3ccccc3)c2-c2ccccc2)cc1. The van der Waals surface area contributed by atoms with Crippen molar-refractivity contribution in [1.29, 1.82) is 0 Å². The van der Waals surface area contributed by atoms with E-state index in [1.165, 1.54) is 0 Å². The van der Waals surface area contributed by atoms with Gasteiger partial charge in [-0.15, -0.1) is 0 Å². The summed E-state index contributed by atoms with van der Waals surface area (Å²) in [6, 6.07) is 120. The second-order valence-corrected chi connectivity index (χ2v) is 20.7. The summed E-state index contributed by atoms with van der Waals surface area (Å²) in [6.07, 6.45) is 0. The molecule has 0 atom stereocenters. The van der Waals surface area contributed by atoms with E-state index in [0.717, 1.165) is 135 Å². The molecule has 2 aromatic heterocycles. The summed E-state index contributed by atoms with van der Waals surface area (Å²) >= 11 is 0. The topological polar surface area (TPSA) is 32.8 Å². The standard InChI is InChI=1S/C80H56N2O2/c1-9-25-59(26-10-1)73-75(61-29-13-3-14-30-61)79(83-77(73)63-33-17-5-18-34-63)65-45-53-71(54-46-65)81(67-37-21-7-22-38-67)69-49-41-57(42-50-69)58-43-51-70(52-44-58)82(68-39-23-8-24-40-68)72-55-47-66(48-56-72)80-76(62-31-15-4-16-32-62)74(60-27-11-2-12-28-60)78(84-80)64-35-19-6-20-36-64/h1-56H. The number of hydrogen-bond acceptors (Lipinski definition) is 4. The highest BCUT2D eigenvalue weighted by Gasteiger charge is 2.28. The largest absolute Gasteiger partial charge is 0.455 e. The molecule has 0 spiro atoms. The average molecular weight is 1080 g/mol. The maximum absolute atomic E-state index is 7.06. The number of hydrogen-bond donors (Lipinski definition) is 0. The van der Waals surface area contributed by atoms with E-state index in [1.54, 1.807) is 0 Å². The van der Waals surface area contributed by atoms with Crippen molar-refractivity contribution in [2.75, 3.05) is 9.80 Å². The van der Waals surface area contributed by atoms with Crippen LogP contribution < -0.4 is 9.80 Å². The molecule has 0 aliphatic rings. The monoisotopic (exact) mass is 1080 g/mol. The van der Waals surface area contributed by atoms with Crippen molar-refractivity contribution < 1.29 is 8.83 Å². The minimum atomic E-state index is 0.829. The van der Waals surface area contributed by atoms with Crippen LogP contribution in [0.15, 0.2) is 349 Å². The summed E-state index contributed by atoms with van der Waals surface area (Å²) in [4.78, 5) is 4.62. The highest BCUT2D eigenvalue weighted by Crippen LogP contribution is 2.51. The molecule has 4 heteroatoms. The van der Waals surface area contributed by atoms with Crippen LogP contribution in [-0.2, 0) is 0 Å². The van der Waals surface area contributed by atoms with E-state index in [0.29, 0.717) is 0 Å². The third-order valence-electron chi connectivity index (χ3n) is 15.5. The van der Waals surface area contributed by atoms with Gasteiger partial charge in [-0.25, -0.2) is 0 Å². The lowest BCUT2D eigenvalue weighted by Gasteiger charge is -2.26. The Kier molecular flexibility index (Phi) is 14.0. The first-order valence-electron chi connectivity index (χ1n) is 28.5. The first-order valence-corrected chi connectivity index (χ1v) is 28.5. The fourth-order valence-electron chi connectivity index (χ4n) is 11.6. The summed E-state index contributed by atoms with van der Waals surface area (Å²) < 4.78 is 14.1. The Labute approximate surface area is 490 Å². The van der Waals surface area contributed by atoms with Gasteiger partial charge in [-0.1, -0.05) is 243 Å². The lowest BCUT2D eigenvalue weighted by molar-refractivity contribution is 0.598. The zero-order valence-electron chi connectivity index (χ0n) is 46.0. The van der Waals surface area contributed by atoms with Crippen LogP contribution in [0.3, 0.4) is 0 Å². The van der Waals surface area contributed by atoms with E-state index in [4.69, 9.17) is 8.83 Å². The van der Waals surface area contributed by atoms with Gasteiger partial charge in [0.2, 0.25) is 0 Å². The van der Waals surface area contributed by atoms with E-state index in [1.807, 2.05) is 12.1 Å². The smallest absolute Gasteiger partial charge is 0.143 e. The predicted molar refractivity (Wildman–Crippen MR) is 349 cm³/mol. The second kappa shape index (κ2) is 23.1. The van der Waals surface area contributed by atoms with E-state index in [2.05, 4.69) is 337 Å². The molecule has 2 heterocycles. The van der Waals surface area contributed by atoms with Gasteiger partial charge in [0.1, 0.15) is 23.0 Å². The number of benzene rings is 12. The molecule has 0 aliphatic heterocycles. The number of anilines is 6. The molecule has 0 fully saturated rings. The van der Waals surface area contributed by atoms with E-state index in [-0.39, 0.29) is 0 Å². The summed E-state index contributed by atoms with van der Waals surface area (Å²) in [5, 5.41) is 0. The van der Waals surface area contributed by atoms with Crippen LogP contribution in [0, 0.1) is 0 Å². The molecule has 0 saturated heterocycles. The molecule has 4 nitrogen and oxygen atoms in total. The van der Waals surface area contributed by atoms with Gasteiger partial charge in [-0.3, -0.25) is 0 Å². The molecule has 0 N–H and O–H groups in total. The minimum absolute atomic E-state index is 0.829. The van der Waals surface area contributed by atoms with Crippen molar-refractivity contribution in [1.82, 2.24) is 0 Å². The fourth-order valence-corrected chi connectivity index (χ4v) is 11.6. The van der Waals surface area contributed by atoms with Gasteiger partial charge in [0.05, 0.1) is 0 Å². The number of nitrogens with zero attached hydrogens (tertiary/aromatic N) is 2. The quantitative estimate of drug-likeness (QED) is 0.102. The van der Waals surface area contributed by atoms with Gasteiger partial charge in [0.25, 0.3) is 0 Å². The van der Waals surface area contributed by atoms with Gasteiger partial charge < -0.3 is 18.6 Å². The van der Waals surface area contributed by atoms with Crippen LogP contribution in [0.1, 0.15) is 0 Å². The van der Waals surface area contributed by atoms with Crippen molar-refractivity contribution in [2.24, 2.45) is 0 Å². The maximum atomic E-state index is 7.06. The van der Waals surface area contributed by atoms with Crippen molar-refractivity contribution >= 4 is 34.1 Å². The summed E-state index contributed by atoms with van der Waals surface area (Å²) in [5.41, 5.74) is 21.3. The van der Waals surface area contributed by atoms with Crippen LogP contribution in [0.4, 0.5) is 34.1 Å². The first-order chi connectivity index (χ1) is 41.7. The van der Waals surface area contributed by atoms with Crippen LogP contribution in [-0.4, -0.2) is 0 Å². The second-order valence-electron chi connectivity index (χ2n) is 20.7. The molecule has 12 aromatic carbocycles. The van der Waals surface area contributed by atoms with Crippen LogP contribution in [0.2, 0.25) is 0 Å². The number of furan rings is 2. The van der Waals surface area contributed by atoms with Gasteiger partial charge in [0.15, 0.2) is 0 Å². The molecule has 0 unspecified atom stereocenters. The van der Waals surface area contributed by atoms with Crippen molar-refractivity contribution in [2.45, 2.75) is 0 Å². The molecule has 0 bridgehead atoms. The van der Waals surface area contributed by atoms with Gasteiger partial charge >= 0.3 is 0 Å². The highest BCUT2D eigenvalue weighted by atomic mass is 16.3. The molecule has 14 rings (SSSR count). The summed E-state index contributed by atoms with van der Waals surface area (Å²) in [6.45, 7) is 0. The van der Waals surface area contributed by atoms with Gasteiger partial charge in [-0.2, -0.15) is 0 Å². The zero-order valence-corrected chi connectivity index (χ0v) is 46.0. The van der Waals surface area contributed by atoms with Crippen molar-refractivity contribution in [3.8, 4) is 101 Å². The van der Waals surface area contributed by atoms with Crippen LogP contribution in [0.25, 0.3) is 101 Å². The molecular weight excluding hydrogens is 1020 g/mol. The molecular formula is C80H56N2O2. The van der Waals surface area contributed by atoms with E-state index < -0.39 is 0 Å². The first kappa shape index (κ1) is 51.0.